The van der Waals surface area contributed by atoms with Gasteiger partial charge >= 0.3 is 0 Å². The molecule has 1 N–H and O–H groups in total. The van der Waals surface area contributed by atoms with Gasteiger partial charge in [-0.05, 0) is 55.7 Å². The summed E-state index contributed by atoms with van der Waals surface area (Å²) in [5, 5.41) is 12.3. The molecule has 1 unspecified atom stereocenters. The minimum atomic E-state index is -0.381. The summed E-state index contributed by atoms with van der Waals surface area (Å²) in [6.45, 7) is 2.24. The van der Waals surface area contributed by atoms with Crippen LogP contribution in [-0.4, -0.2) is 36.9 Å². The quantitative estimate of drug-likeness (QED) is 0.382. The van der Waals surface area contributed by atoms with E-state index in [1.165, 1.54) is 42.4 Å². The van der Waals surface area contributed by atoms with Gasteiger partial charge in [-0.2, -0.15) is 0 Å². The van der Waals surface area contributed by atoms with Crippen LogP contribution in [0.4, 0.5) is 8.78 Å². The largest absolute Gasteiger partial charge is 0.352 e. The summed E-state index contributed by atoms with van der Waals surface area (Å²) in [5.74, 6) is -0.715. The van der Waals surface area contributed by atoms with Crippen LogP contribution in [0.2, 0.25) is 0 Å². The molecule has 2 heterocycles. The number of fused-ring (bicyclic) bond motifs is 3. The van der Waals surface area contributed by atoms with E-state index in [0.717, 1.165) is 36.8 Å². The van der Waals surface area contributed by atoms with Crippen LogP contribution in [0.15, 0.2) is 47.6 Å². The lowest BCUT2D eigenvalue weighted by Crippen LogP contribution is -2.40. The van der Waals surface area contributed by atoms with E-state index in [-0.39, 0.29) is 28.8 Å². The number of nitrogens with one attached hydrogen (secondary N) is 1. The average Bonchev–Trinajstić information content (AvgIpc) is 3.13. The topological polar surface area (TPSA) is 72.7 Å². The molecule has 0 bridgehead atoms. The van der Waals surface area contributed by atoms with Crippen LogP contribution in [-0.2, 0) is 11.3 Å². The molecule has 0 saturated heterocycles. The highest BCUT2D eigenvalue weighted by Gasteiger charge is 2.23. The zero-order chi connectivity index (χ0) is 23.7. The number of aromatic nitrogens is 4. The van der Waals surface area contributed by atoms with E-state index in [1.54, 1.807) is 18.2 Å². The number of carbonyl (C=O) groups excluding carboxylic acids is 1. The highest BCUT2D eigenvalue weighted by Crippen LogP contribution is 2.30. The number of halogens is 2. The van der Waals surface area contributed by atoms with Crippen LogP contribution >= 0.6 is 11.8 Å². The Morgan fingerprint density at radius 3 is 2.59 bits per heavy atom. The van der Waals surface area contributed by atoms with Gasteiger partial charge < -0.3 is 9.88 Å². The molecule has 5 rings (SSSR count). The fraction of sp³-hybridized carbons (Fsp3) is 0.360. The summed E-state index contributed by atoms with van der Waals surface area (Å²) in [7, 11) is 0. The number of thioether (sulfide) groups is 1. The zero-order valence-electron chi connectivity index (χ0n) is 18.8. The van der Waals surface area contributed by atoms with Crippen molar-refractivity contribution in [2.75, 3.05) is 0 Å². The van der Waals surface area contributed by atoms with E-state index >= 15 is 0 Å². The van der Waals surface area contributed by atoms with Gasteiger partial charge in [0, 0.05) is 18.0 Å². The molecular weight excluding hydrogens is 456 g/mol. The Morgan fingerprint density at radius 2 is 1.82 bits per heavy atom. The predicted octanol–water partition coefficient (Wildman–Crippen LogP) is 5.24. The van der Waals surface area contributed by atoms with Gasteiger partial charge in [0.05, 0.1) is 10.8 Å². The first-order chi connectivity index (χ1) is 16.5. The Kier molecular flexibility index (Phi) is 6.45. The van der Waals surface area contributed by atoms with Gasteiger partial charge in [-0.3, -0.25) is 4.79 Å². The van der Waals surface area contributed by atoms with Crippen LogP contribution in [0, 0.1) is 11.6 Å². The zero-order valence-corrected chi connectivity index (χ0v) is 19.6. The van der Waals surface area contributed by atoms with Gasteiger partial charge in [0.15, 0.2) is 5.65 Å². The van der Waals surface area contributed by atoms with Gasteiger partial charge in [-0.15, -0.1) is 10.2 Å². The molecule has 0 aliphatic heterocycles. The van der Waals surface area contributed by atoms with Crippen molar-refractivity contribution in [3.63, 3.8) is 0 Å². The van der Waals surface area contributed by atoms with E-state index in [1.807, 2.05) is 11.5 Å². The SMILES string of the molecule is CC(Sc1nnc2c3cc(F)ccc3n(Cc3ccc(F)cc3)c2n1)C(=O)NC1CCCCC1. The summed E-state index contributed by atoms with van der Waals surface area (Å²) in [6.07, 6.45) is 5.57. The van der Waals surface area contributed by atoms with Crippen molar-refractivity contribution in [1.29, 1.82) is 0 Å². The van der Waals surface area contributed by atoms with Gasteiger partial charge in [-0.25, -0.2) is 13.8 Å². The molecule has 1 fully saturated rings. The minimum absolute atomic E-state index is 0.0328. The number of rotatable bonds is 6. The van der Waals surface area contributed by atoms with E-state index < -0.39 is 0 Å². The molecule has 1 saturated carbocycles. The second kappa shape index (κ2) is 9.66. The van der Waals surface area contributed by atoms with Crippen molar-refractivity contribution < 1.29 is 13.6 Å². The van der Waals surface area contributed by atoms with Crippen LogP contribution < -0.4 is 5.32 Å². The maximum atomic E-state index is 14.0. The molecule has 176 valence electrons. The minimum Gasteiger partial charge on any atom is -0.352 e. The molecule has 9 heteroatoms. The maximum absolute atomic E-state index is 14.0. The van der Waals surface area contributed by atoms with Crippen molar-refractivity contribution in [2.45, 2.75) is 62.0 Å². The second-order valence-corrected chi connectivity index (χ2v) is 10.1. The predicted molar refractivity (Wildman–Crippen MR) is 129 cm³/mol. The molecule has 1 aliphatic carbocycles. The first-order valence-corrected chi connectivity index (χ1v) is 12.4. The molecule has 34 heavy (non-hydrogen) atoms. The van der Waals surface area contributed by atoms with Crippen LogP contribution in [0.3, 0.4) is 0 Å². The van der Waals surface area contributed by atoms with E-state index in [9.17, 15) is 13.6 Å². The average molecular weight is 482 g/mol. The lowest BCUT2D eigenvalue weighted by molar-refractivity contribution is -0.121. The summed E-state index contributed by atoms with van der Waals surface area (Å²) in [5.41, 5.74) is 2.66. The highest BCUT2D eigenvalue weighted by molar-refractivity contribution is 8.00. The fourth-order valence-corrected chi connectivity index (χ4v) is 5.19. The van der Waals surface area contributed by atoms with Crippen LogP contribution in [0.5, 0.6) is 0 Å². The molecule has 1 atom stereocenters. The van der Waals surface area contributed by atoms with Crippen molar-refractivity contribution in [3.05, 3.63) is 59.7 Å². The van der Waals surface area contributed by atoms with Crippen molar-refractivity contribution in [1.82, 2.24) is 25.1 Å². The number of hydrogen-bond acceptors (Lipinski definition) is 5. The Labute approximate surface area is 200 Å². The summed E-state index contributed by atoms with van der Waals surface area (Å²) in [4.78, 5) is 17.4. The van der Waals surface area contributed by atoms with Gasteiger partial charge in [0.25, 0.3) is 0 Å². The van der Waals surface area contributed by atoms with Crippen molar-refractivity contribution in [2.24, 2.45) is 0 Å². The van der Waals surface area contributed by atoms with Crippen molar-refractivity contribution >= 4 is 39.7 Å². The molecule has 6 nitrogen and oxygen atoms in total. The molecule has 2 aromatic carbocycles. The molecule has 1 amide bonds. The second-order valence-electron chi connectivity index (χ2n) is 8.74. The summed E-state index contributed by atoms with van der Waals surface area (Å²) in [6, 6.07) is 11.0. The van der Waals surface area contributed by atoms with Crippen LogP contribution in [0.25, 0.3) is 22.1 Å². The number of hydrogen-bond donors (Lipinski definition) is 1. The van der Waals surface area contributed by atoms with E-state index in [2.05, 4.69) is 15.5 Å². The molecule has 0 radical (unpaired) electrons. The van der Waals surface area contributed by atoms with Gasteiger partial charge in [0.2, 0.25) is 11.1 Å². The normalized spacial score (nSPS) is 15.6. The first kappa shape index (κ1) is 22.7. The standard InChI is InChI=1S/C25H25F2N5OS/c1-15(24(33)28-19-5-3-2-4-6-19)34-25-29-23-22(30-31-25)20-13-18(27)11-12-21(20)32(23)14-16-7-9-17(26)10-8-16/h7-13,15,19H,2-6,14H2,1H3,(H,28,33). The third kappa shape index (κ3) is 4.75. The lowest BCUT2D eigenvalue weighted by atomic mass is 9.95. The highest BCUT2D eigenvalue weighted by atomic mass is 32.2. The number of nitrogens with zero attached hydrogens (tertiary/aromatic N) is 4. The fourth-order valence-electron chi connectivity index (χ4n) is 4.47. The smallest absolute Gasteiger partial charge is 0.233 e. The Morgan fingerprint density at radius 1 is 1.09 bits per heavy atom. The summed E-state index contributed by atoms with van der Waals surface area (Å²) >= 11 is 1.25. The Bertz CT molecular complexity index is 1330. The molecule has 2 aromatic heterocycles. The monoisotopic (exact) mass is 481 g/mol. The number of carbonyl (C=O) groups is 1. The summed E-state index contributed by atoms with van der Waals surface area (Å²) < 4.78 is 29.3. The van der Waals surface area contributed by atoms with Gasteiger partial charge in [-0.1, -0.05) is 43.2 Å². The van der Waals surface area contributed by atoms with Gasteiger partial charge in [0.1, 0.15) is 17.2 Å². The third-order valence-corrected chi connectivity index (χ3v) is 7.22. The first-order valence-electron chi connectivity index (χ1n) is 11.5. The molecule has 1 aliphatic rings. The third-order valence-electron chi connectivity index (χ3n) is 6.27. The number of benzene rings is 2. The molecule has 0 spiro atoms. The van der Waals surface area contributed by atoms with E-state index in [0.29, 0.717) is 28.3 Å². The maximum Gasteiger partial charge on any atom is 0.233 e. The Balaban J connectivity index is 1.45. The van der Waals surface area contributed by atoms with E-state index in [4.69, 9.17) is 4.98 Å². The van der Waals surface area contributed by atoms with Crippen molar-refractivity contribution in [3.8, 4) is 0 Å². The lowest BCUT2D eigenvalue weighted by Gasteiger charge is -2.24. The molecule has 4 aromatic rings. The van der Waals surface area contributed by atoms with Crippen LogP contribution in [0.1, 0.15) is 44.6 Å². The molecular formula is C25H25F2N5OS. The number of amides is 1. The Hall–Kier alpha value is -3.07.